The molecule has 11 heteroatoms. The molecule has 1 atom stereocenters. The number of nitrogens with zero attached hydrogens (tertiary/aromatic N) is 2. The number of hydrogen-bond donors (Lipinski definition) is 3. The molecule has 3 aromatic rings. The third-order valence-electron chi connectivity index (χ3n) is 6.10. The molecule has 2 aromatic carbocycles. The highest BCUT2D eigenvalue weighted by molar-refractivity contribution is 7.09. The summed E-state index contributed by atoms with van der Waals surface area (Å²) in [6.45, 7) is 0. The Bertz CT molecular complexity index is 1270. The Labute approximate surface area is 211 Å². The first-order valence-electron chi connectivity index (χ1n) is 11.4. The standard InChI is InChI=1S/C25H26FN5O4S/c1-35-18-11-9-14(10-12-18)21(24(33)29-16-6-2-3-7-16)31(17-8-4-5-15(26)13-17)25(34)22-19(27)20(23(28)32)30-36-22/h4-5,8-13,16,21H,2-3,6-7,27H2,1H3,(H2,28,32)(H,29,33)/t21-/m0/s1. The van der Waals surface area contributed by atoms with Gasteiger partial charge >= 0.3 is 0 Å². The molecule has 1 saturated carbocycles. The summed E-state index contributed by atoms with van der Waals surface area (Å²) < 4.78 is 23.5. The first kappa shape index (κ1) is 25.1. The molecule has 1 aliphatic carbocycles. The number of rotatable bonds is 8. The molecule has 1 fully saturated rings. The summed E-state index contributed by atoms with van der Waals surface area (Å²) in [5.74, 6) is -2.06. The highest BCUT2D eigenvalue weighted by Crippen LogP contribution is 2.34. The van der Waals surface area contributed by atoms with Crippen LogP contribution in [0.15, 0.2) is 48.5 Å². The molecule has 0 aliphatic heterocycles. The fourth-order valence-electron chi connectivity index (χ4n) is 4.30. The zero-order chi connectivity index (χ0) is 25.8. The van der Waals surface area contributed by atoms with Gasteiger partial charge in [0.25, 0.3) is 11.8 Å². The Morgan fingerprint density at radius 1 is 1.17 bits per heavy atom. The third-order valence-corrected chi connectivity index (χ3v) is 6.95. The molecule has 0 saturated heterocycles. The molecular formula is C25H26FN5O4S. The van der Waals surface area contributed by atoms with E-state index in [0.29, 0.717) is 22.8 Å². The second kappa shape index (κ2) is 10.7. The van der Waals surface area contributed by atoms with E-state index in [-0.39, 0.29) is 28.0 Å². The lowest BCUT2D eigenvalue weighted by Crippen LogP contribution is -2.46. The number of primary amides is 1. The number of carbonyl (C=O) groups is 3. The minimum absolute atomic E-state index is 0.0300. The molecule has 36 heavy (non-hydrogen) atoms. The molecule has 3 amide bonds. The molecule has 0 spiro atoms. The molecular weight excluding hydrogens is 485 g/mol. The number of nitrogens with two attached hydrogens (primary N) is 2. The topological polar surface area (TPSA) is 141 Å². The fourth-order valence-corrected chi connectivity index (χ4v) is 5.04. The van der Waals surface area contributed by atoms with E-state index in [4.69, 9.17) is 16.2 Å². The van der Waals surface area contributed by atoms with Gasteiger partial charge in [0, 0.05) is 11.7 Å². The molecule has 1 aliphatic rings. The zero-order valence-electron chi connectivity index (χ0n) is 19.6. The number of anilines is 2. The summed E-state index contributed by atoms with van der Waals surface area (Å²) in [5, 5.41) is 3.04. The molecule has 9 nitrogen and oxygen atoms in total. The van der Waals surface area contributed by atoms with E-state index in [1.165, 1.54) is 30.2 Å². The van der Waals surface area contributed by atoms with Crippen LogP contribution in [-0.2, 0) is 4.79 Å². The van der Waals surface area contributed by atoms with Gasteiger partial charge in [-0.15, -0.1) is 0 Å². The van der Waals surface area contributed by atoms with Crippen molar-refractivity contribution in [2.24, 2.45) is 5.73 Å². The van der Waals surface area contributed by atoms with Gasteiger partial charge in [0.2, 0.25) is 5.91 Å². The van der Waals surface area contributed by atoms with Gasteiger partial charge in [-0.1, -0.05) is 31.0 Å². The van der Waals surface area contributed by atoms with Gasteiger partial charge in [-0.2, -0.15) is 4.37 Å². The van der Waals surface area contributed by atoms with E-state index in [0.717, 1.165) is 31.7 Å². The summed E-state index contributed by atoms with van der Waals surface area (Å²) in [7, 11) is 1.52. The van der Waals surface area contributed by atoms with Crippen LogP contribution in [0, 0.1) is 5.82 Å². The minimum atomic E-state index is -1.18. The lowest BCUT2D eigenvalue weighted by atomic mass is 10.0. The van der Waals surface area contributed by atoms with Crippen molar-refractivity contribution in [3.8, 4) is 5.75 Å². The van der Waals surface area contributed by atoms with Crippen molar-refractivity contribution in [1.82, 2.24) is 9.69 Å². The van der Waals surface area contributed by atoms with Crippen molar-refractivity contribution in [2.75, 3.05) is 17.7 Å². The monoisotopic (exact) mass is 511 g/mol. The smallest absolute Gasteiger partial charge is 0.273 e. The molecule has 1 aromatic heterocycles. The second-order valence-electron chi connectivity index (χ2n) is 8.46. The number of methoxy groups -OCH3 is 1. The number of carbonyl (C=O) groups excluding carboxylic acids is 3. The summed E-state index contributed by atoms with van der Waals surface area (Å²) in [6.07, 6.45) is 3.66. The van der Waals surface area contributed by atoms with Gasteiger partial charge in [0.1, 0.15) is 22.5 Å². The highest BCUT2D eigenvalue weighted by Gasteiger charge is 2.37. The number of amides is 3. The van der Waals surface area contributed by atoms with Crippen molar-refractivity contribution in [3.05, 3.63) is 70.5 Å². The van der Waals surface area contributed by atoms with Gasteiger partial charge in [0.15, 0.2) is 5.69 Å². The van der Waals surface area contributed by atoms with E-state index < -0.39 is 29.6 Å². The van der Waals surface area contributed by atoms with E-state index >= 15 is 0 Å². The normalized spacial score (nSPS) is 14.3. The molecule has 0 unspecified atom stereocenters. The maximum Gasteiger partial charge on any atom is 0.273 e. The van der Waals surface area contributed by atoms with Crippen LogP contribution in [0.4, 0.5) is 15.8 Å². The van der Waals surface area contributed by atoms with Crippen LogP contribution in [0.25, 0.3) is 0 Å². The van der Waals surface area contributed by atoms with E-state index in [1.54, 1.807) is 24.3 Å². The molecule has 4 rings (SSSR count). The van der Waals surface area contributed by atoms with Crippen molar-refractivity contribution in [1.29, 1.82) is 0 Å². The van der Waals surface area contributed by atoms with Crippen LogP contribution in [0.2, 0.25) is 0 Å². The average molecular weight is 512 g/mol. The van der Waals surface area contributed by atoms with E-state index in [9.17, 15) is 18.8 Å². The number of nitrogens with one attached hydrogen (secondary N) is 1. The van der Waals surface area contributed by atoms with Crippen LogP contribution in [-0.4, -0.2) is 35.2 Å². The SMILES string of the molecule is COc1ccc([C@@H](C(=O)NC2CCCC2)N(C(=O)c2snc(C(N)=O)c2N)c2cccc(F)c2)cc1. The van der Waals surface area contributed by atoms with Crippen molar-refractivity contribution in [3.63, 3.8) is 0 Å². The summed E-state index contributed by atoms with van der Waals surface area (Å²) in [5.41, 5.74) is 11.6. The summed E-state index contributed by atoms with van der Waals surface area (Å²) in [6, 6.07) is 10.8. The zero-order valence-corrected chi connectivity index (χ0v) is 20.4. The molecule has 0 bridgehead atoms. The Balaban J connectivity index is 1.85. The van der Waals surface area contributed by atoms with Gasteiger partial charge in [-0.05, 0) is 60.3 Å². The number of halogens is 1. The number of ether oxygens (including phenoxy) is 1. The first-order valence-corrected chi connectivity index (χ1v) is 12.2. The fraction of sp³-hybridized carbons (Fsp3) is 0.280. The number of benzene rings is 2. The van der Waals surface area contributed by atoms with Gasteiger partial charge in [-0.25, -0.2) is 4.39 Å². The van der Waals surface area contributed by atoms with Gasteiger partial charge < -0.3 is 21.5 Å². The van der Waals surface area contributed by atoms with Crippen LogP contribution in [0.5, 0.6) is 5.75 Å². The average Bonchev–Trinajstić information content (AvgIpc) is 3.51. The molecule has 188 valence electrons. The number of nitrogen functional groups attached to an aromatic ring is 1. The molecule has 0 radical (unpaired) electrons. The van der Waals surface area contributed by atoms with Crippen LogP contribution in [0.3, 0.4) is 0 Å². The van der Waals surface area contributed by atoms with E-state index in [2.05, 4.69) is 9.69 Å². The van der Waals surface area contributed by atoms with Crippen LogP contribution < -0.4 is 26.4 Å². The largest absolute Gasteiger partial charge is 0.497 e. The van der Waals surface area contributed by atoms with Gasteiger partial charge in [-0.3, -0.25) is 19.3 Å². The quantitative estimate of drug-likeness (QED) is 0.423. The number of aromatic nitrogens is 1. The minimum Gasteiger partial charge on any atom is -0.497 e. The van der Waals surface area contributed by atoms with Gasteiger partial charge in [0.05, 0.1) is 12.8 Å². The molecule has 5 N–H and O–H groups in total. The Kier molecular flexibility index (Phi) is 7.49. The van der Waals surface area contributed by atoms with Crippen LogP contribution in [0.1, 0.15) is 57.4 Å². The Morgan fingerprint density at radius 2 is 1.86 bits per heavy atom. The Morgan fingerprint density at radius 3 is 2.44 bits per heavy atom. The summed E-state index contributed by atoms with van der Waals surface area (Å²) >= 11 is 0.691. The van der Waals surface area contributed by atoms with Crippen LogP contribution >= 0.6 is 11.5 Å². The van der Waals surface area contributed by atoms with Crippen molar-refractivity contribution in [2.45, 2.75) is 37.8 Å². The Hall–Kier alpha value is -3.99. The molecule has 1 heterocycles. The third kappa shape index (κ3) is 5.15. The lowest BCUT2D eigenvalue weighted by molar-refractivity contribution is -0.123. The van der Waals surface area contributed by atoms with Crippen molar-refractivity contribution >= 4 is 40.6 Å². The maximum absolute atomic E-state index is 14.3. The lowest BCUT2D eigenvalue weighted by Gasteiger charge is -2.32. The van der Waals surface area contributed by atoms with E-state index in [1.807, 2.05) is 0 Å². The second-order valence-corrected chi connectivity index (χ2v) is 9.23. The van der Waals surface area contributed by atoms with Crippen molar-refractivity contribution < 1.29 is 23.5 Å². The maximum atomic E-state index is 14.3. The predicted molar refractivity (Wildman–Crippen MR) is 134 cm³/mol. The number of hydrogen-bond acceptors (Lipinski definition) is 7. The first-order chi connectivity index (χ1) is 17.3. The summed E-state index contributed by atoms with van der Waals surface area (Å²) in [4.78, 5) is 40.5. The highest BCUT2D eigenvalue weighted by atomic mass is 32.1. The predicted octanol–water partition coefficient (Wildman–Crippen LogP) is 3.42.